The van der Waals surface area contributed by atoms with Gasteiger partial charge in [-0.3, -0.25) is 44.4 Å². The van der Waals surface area contributed by atoms with Gasteiger partial charge in [-0.25, -0.2) is 0 Å². The quantitative estimate of drug-likeness (QED) is 0.0258. The van der Waals surface area contributed by atoms with Gasteiger partial charge < -0.3 is 69.4 Å². The van der Waals surface area contributed by atoms with Crippen LogP contribution < -0.4 is 59.3 Å². The number of aromatic nitrogens is 1. The maximum atomic E-state index is 13.9. The van der Waals surface area contributed by atoms with Crippen molar-refractivity contribution in [2.75, 3.05) is 33.2 Å². The first-order valence-corrected chi connectivity index (χ1v) is 20.2. The maximum Gasteiger partial charge on any atom is 0.322 e. The zero-order valence-electron chi connectivity index (χ0n) is 35.5. The van der Waals surface area contributed by atoms with Crippen LogP contribution >= 0.6 is 0 Å². The van der Waals surface area contributed by atoms with E-state index < -0.39 is 90.6 Å². The molecule has 22 nitrogen and oxygen atoms in total. The fourth-order valence-electron chi connectivity index (χ4n) is 6.29. The molecule has 0 aliphatic rings. The summed E-state index contributed by atoms with van der Waals surface area (Å²) in [6.45, 7) is 6.25. The number of para-hydroxylation sites is 1. The Morgan fingerprint density at radius 3 is 1.77 bits per heavy atom. The molecule has 0 radical (unpaired) electrons. The fraction of sp³-hybridized carbons (Fsp3) is 0.564. The molecular weight excluding hydrogens is 793 g/mol. The lowest BCUT2D eigenvalue weighted by Crippen LogP contribution is -2.59. The third kappa shape index (κ3) is 18.6. The smallest absolute Gasteiger partial charge is 0.322 e. The number of aliphatic carboxylic acids is 1. The molecule has 5 atom stereocenters. The molecule has 1 aromatic carbocycles. The Morgan fingerprint density at radius 1 is 0.689 bits per heavy atom. The van der Waals surface area contributed by atoms with Crippen LogP contribution in [0.3, 0.4) is 0 Å². The Labute approximate surface area is 355 Å². The van der Waals surface area contributed by atoms with Gasteiger partial charge in [0, 0.05) is 30.2 Å². The highest BCUT2D eigenvalue weighted by Crippen LogP contribution is 2.19. The molecule has 0 aliphatic carbocycles. The zero-order valence-corrected chi connectivity index (χ0v) is 35.5. The maximum absolute atomic E-state index is 13.9. The summed E-state index contributed by atoms with van der Waals surface area (Å²) in [4.78, 5) is 94.6. The van der Waals surface area contributed by atoms with E-state index in [1.807, 2.05) is 44.3 Å². The molecule has 61 heavy (non-hydrogen) atoms. The second kappa shape index (κ2) is 25.9. The van der Waals surface area contributed by atoms with Crippen molar-refractivity contribution in [1.29, 1.82) is 10.8 Å². The second-order valence-corrected chi connectivity index (χ2v) is 15.3. The molecule has 0 saturated heterocycles. The van der Waals surface area contributed by atoms with Crippen molar-refractivity contribution >= 4 is 64.2 Å². The van der Waals surface area contributed by atoms with Crippen LogP contribution in [0.2, 0.25) is 0 Å². The number of carbonyl (C=O) groups excluding carboxylic acids is 6. The van der Waals surface area contributed by atoms with E-state index in [1.54, 1.807) is 20.9 Å². The number of fused-ring (bicyclic) bond motifs is 1. The zero-order chi connectivity index (χ0) is 45.6. The van der Waals surface area contributed by atoms with E-state index in [4.69, 9.17) is 27.4 Å². The third-order valence-electron chi connectivity index (χ3n) is 9.44. The summed E-state index contributed by atoms with van der Waals surface area (Å²) in [7, 11) is 1.66. The molecule has 1 aromatic heterocycles. The van der Waals surface area contributed by atoms with Gasteiger partial charge in [0.25, 0.3) is 0 Å². The number of carboxylic acids is 1. The minimum Gasteiger partial charge on any atom is -0.480 e. The van der Waals surface area contributed by atoms with Crippen molar-refractivity contribution < 1.29 is 38.7 Å². The molecule has 0 bridgehead atoms. The van der Waals surface area contributed by atoms with E-state index in [-0.39, 0.29) is 63.0 Å². The molecule has 2 aromatic rings. The first-order chi connectivity index (χ1) is 28.8. The number of nitrogens with one attached hydrogen (secondary N) is 12. The second-order valence-electron chi connectivity index (χ2n) is 15.3. The van der Waals surface area contributed by atoms with E-state index >= 15 is 0 Å². The molecule has 6 amide bonds. The first kappa shape index (κ1) is 50.7. The minimum atomic E-state index is -1.30. The number of aromatic amines is 1. The number of rotatable bonds is 27. The highest BCUT2D eigenvalue weighted by Gasteiger charge is 2.33. The summed E-state index contributed by atoms with van der Waals surface area (Å²) in [6, 6.07) is 2.46. The molecule has 0 spiro atoms. The van der Waals surface area contributed by atoms with Gasteiger partial charge in [0.1, 0.15) is 30.7 Å². The molecule has 5 unspecified atom stereocenters. The summed E-state index contributed by atoms with van der Waals surface area (Å²) in [6.07, 6.45) is 3.03. The highest BCUT2D eigenvalue weighted by atomic mass is 16.4. The van der Waals surface area contributed by atoms with Crippen LogP contribution in [-0.2, 0) is 40.0 Å². The molecule has 17 N–H and O–H groups in total. The van der Waals surface area contributed by atoms with Gasteiger partial charge in [-0.05, 0) is 69.0 Å². The molecule has 0 fully saturated rings. The van der Waals surface area contributed by atoms with Crippen molar-refractivity contribution in [1.82, 2.24) is 52.8 Å². The van der Waals surface area contributed by atoms with Crippen LogP contribution in [0.25, 0.3) is 10.9 Å². The SMILES string of the molecule is CNC(Cc1c[nH]c2ccccc12)C(=O)NC(CC(C)C)C(=O)NC(C(=O)NC(CCCNC(=N)N)C(=O)NCC(=O)NC(CCCNC(=N)N)C(=O)NCC(=O)O)C(C)C. The number of carbonyl (C=O) groups is 7. The van der Waals surface area contributed by atoms with Gasteiger partial charge in [-0.2, -0.15) is 0 Å². The normalized spacial score (nSPS) is 13.5. The van der Waals surface area contributed by atoms with Crippen molar-refractivity contribution in [2.45, 2.75) is 96.4 Å². The number of likely N-dealkylation sites (N-methyl/N-ethyl adjacent to an activating group) is 1. The van der Waals surface area contributed by atoms with Gasteiger partial charge in [-0.15, -0.1) is 0 Å². The Hall–Kier alpha value is -6.45. The van der Waals surface area contributed by atoms with Crippen LogP contribution in [0, 0.1) is 22.7 Å². The van der Waals surface area contributed by atoms with E-state index in [9.17, 15) is 33.6 Å². The third-order valence-corrected chi connectivity index (χ3v) is 9.44. The summed E-state index contributed by atoms with van der Waals surface area (Å²) >= 11 is 0. The number of carboxylic acid groups (broad SMARTS) is 1. The van der Waals surface area contributed by atoms with Crippen LogP contribution in [0.5, 0.6) is 0 Å². The lowest BCUT2D eigenvalue weighted by molar-refractivity contribution is -0.138. The number of guanidine groups is 2. The van der Waals surface area contributed by atoms with Crippen LogP contribution in [0.1, 0.15) is 65.4 Å². The Morgan fingerprint density at radius 2 is 1.23 bits per heavy atom. The number of H-pyrrole nitrogens is 1. The fourth-order valence-corrected chi connectivity index (χ4v) is 6.29. The summed E-state index contributed by atoms with van der Waals surface area (Å²) in [5, 5.41) is 48.2. The number of amides is 6. The van der Waals surface area contributed by atoms with Crippen LogP contribution in [-0.4, -0.2) is 127 Å². The van der Waals surface area contributed by atoms with Gasteiger partial charge in [0.15, 0.2) is 11.9 Å². The predicted octanol–water partition coefficient (Wildman–Crippen LogP) is -2.22. The van der Waals surface area contributed by atoms with E-state index in [1.165, 1.54) is 0 Å². The Balaban J connectivity index is 2.18. The number of hydrogen-bond donors (Lipinski definition) is 15. The molecule has 22 heteroatoms. The van der Waals surface area contributed by atoms with Crippen molar-refractivity contribution in [3.63, 3.8) is 0 Å². The highest BCUT2D eigenvalue weighted by molar-refractivity contribution is 5.96. The molecule has 0 saturated carbocycles. The molecule has 0 aliphatic heterocycles. The first-order valence-electron chi connectivity index (χ1n) is 20.2. The van der Waals surface area contributed by atoms with Gasteiger partial charge in [0.2, 0.25) is 35.4 Å². The number of nitrogens with two attached hydrogens (primary N) is 2. The Kier molecular flexibility index (Phi) is 21.5. The Bertz CT molecular complexity index is 1830. The van der Waals surface area contributed by atoms with Crippen molar-refractivity contribution in [3.8, 4) is 0 Å². The monoisotopic (exact) mass is 857 g/mol. The molecule has 338 valence electrons. The van der Waals surface area contributed by atoms with Gasteiger partial charge >= 0.3 is 5.97 Å². The lowest BCUT2D eigenvalue weighted by Gasteiger charge is -2.28. The van der Waals surface area contributed by atoms with Crippen LogP contribution in [0.4, 0.5) is 0 Å². The minimum absolute atomic E-state index is 0.0175. The van der Waals surface area contributed by atoms with Gasteiger partial charge in [0.05, 0.1) is 12.6 Å². The predicted molar refractivity (Wildman–Crippen MR) is 229 cm³/mol. The number of benzene rings is 1. The average Bonchev–Trinajstić information content (AvgIpc) is 3.60. The average molecular weight is 857 g/mol. The lowest BCUT2D eigenvalue weighted by atomic mass is 9.98. The van der Waals surface area contributed by atoms with Crippen molar-refractivity contribution in [3.05, 3.63) is 36.0 Å². The largest absolute Gasteiger partial charge is 0.480 e. The van der Waals surface area contributed by atoms with Crippen LogP contribution in [0.15, 0.2) is 30.5 Å². The molecule has 1 heterocycles. The van der Waals surface area contributed by atoms with E-state index in [0.29, 0.717) is 6.42 Å². The standard InChI is InChI=1S/C39H64N14O8/c1-21(2)16-29(52-35(59)28(44-5)17-23-18-47-25-11-7-6-10-24(23)25)36(60)53-32(22(3)4)37(61)51-27(13-9-15-46-39(42)43)34(58)48-19-30(54)50-26(12-8-14-45-38(40)41)33(57)49-20-31(55)56/h6-7,10-11,18,21-22,26-29,32,44,47H,8-9,12-17,19-20H2,1-5H3,(H,48,58)(H,49,57)(H,50,54)(H,51,61)(H,52,59)(H,53,60)(H,55,56)(H4,40,41,45)(H4,42,43,46). The number of hydrogen-bond acceptors (Lipinski definition) is 10. The summed E-state index contributed by atoms with van der Waals surface area (Å²) in [5.74, 6) is -6.44. The van der Waals surface area contributed by atoms with Gasteiger partial charge in [-0.1, -0.05) is 45.9 Å². The van der Waals surface area contributed by atoms with E-state index in [2.05, 4.69) is 52.8 Å². The van der Waals surface area contributed by atoms with Crippen molar-refractivity contribution in [2.24, 2.45) is 23.3 Å². The topological polar surface area (TPSA) is 364 Å². The summed E-state index contributed by atoms with van der Waals surface area (Å²) < 4.78 is 0. The molecular formula is C39H64N14O8. The summed E-state index contributed by atoms with van der Waals surface area (Å²) in [5.41, 5.74) is 12.5. The molecule has 2 rings (SSSR count). The van der Waals surface area contributed by atoms with E-state index in [0.717, 1.165) is 16.5 Å².